The lowest BCUT2D eigenvalue weighted by Crippen LogP contribution is -2.42. The maximum absolute atomic E-state index is 12.8. The first-order valence-corrected chi connectivity index (χ1v) is 8.97. The van der Waals surface area contributed by atoms with Crippen molar-refractivity contribution >= 4 is 16.7 Å². The topological polar surface area (TPSA) is 67.2 Å². The van der Waals surface area contributed by atoms with Crippen LogP contribution in [0, 0.1) is 5.92 Å². The number of aryl methyl sites for hydroxylation is 1. The zero-order chi connectivity index (χ0) is 18.0. The number of likely N-dealkylation sites (N-methyl/N-ethyl adjacent to an activating group) is 1. The Bertz CT molecular complexity index is 822. The number of benzene rings is 1. The van der Waals surface area contributed by atoms with Crippen LogP contribution in [0.25, 0.3) is 10.8 Å². The highest BCUT2D eigenvalue weighted by Gasteiger charge is 2.33. The molecule has 0 radical (unpaired) electrons. The number of nitrogens with zero attached hydrogens (tertiary/aromatic N) is 3. The van der Waals surface area contributed by atoms with Gasteiger partial charge in [0.15, 0.2) is 5.69 Å². The maximum atomic E-state index is 12.8. The van der Waals surface area contributed by atoms with E-state index in [1.54, 1.807) is 12.1 Å². The summed E-state index contributed by atoms with van der Waals surface area (Å²) in [5.74, 6) is 0.447. The zero-order valence-corrected chi connectivity index (χ0v) is 15.2. The quantitative estimate of drug-likeness (QED) is 0.834. The number of carbonyl (C=O) groups is 1. The van der Waals surface area contributed by atoms with Crippen LogP contribution in [0.3, 0.4) is 0 Å². The molecule has 6 heteroatoms. The van der Waals surface area contributed by atoms with Gasteiger partial charge in [-0.15, -0.1) is 0 Å². The van der Waals surface area contributed by atoms with E-state index in [9.17, 15) is 9.59 Å². The van der Waals surface area contributed by atoms with Crippen LogP contribution < -0.4 is 10.9 Å². The fourth-order valence-electron chi connectivity index (χ4n) is 3.30. The molecule has 1 amide bonds. The van der Waals surface area contributed by atoms with Gasteiger partial charge in [-0.05, 0) is 45.3 Å². The van der Waals surface area contributed by atoms with Crippen LogP contribution in [0.4, 0.5) is 0 Å². The Morgan fingerprint density at radius 3 is 2.60 bits per heavy atom. The summed E-state index contributed by atoms with van der Waals surface area (Å²) in [5, 5.41) is 8.54. The molecule has 0 bridgehead atoms. The minimum absolute atomic E-state index is 0.141. The van der Waals surface area contributed by atoms with Crippen LogP contribution in [0.5, 0.6) is 0 Å². The molecule has 6 nitrogen and oxygen atoms in total. The number of amides is 1. The van der Waals surface area contributed by atoms with Crippen LogP contribution in [0.2, 0.25) is 0 Å². The Kier molecular flexibility index (Phi) is 5.18. The first-order chi connectivity index (χ1) is 12.0. The van der Waals surface area contributed by atoms with E-state index in [0.29, 0.717) is 41.5 Å². The second kappa shape index (κ2) is 7.35. The van der Waals surface area contributed by atoms with Gasteiger partial charge in [0.2, 0.25) is 0 Å². The first-order valence-electron chi connectivity index (χ1n) is 8.97. The number of hydrogen-bond donors (Lipinski definition) is 1. The summed E-state index contributed by atoms with van der Waals surface area (Å²) >= 11 is 0. The molecule has 1 aliphatic carbocycles. The van der Waals surface area contributed by atoms with Gasteiger partial charge in [0.1, 0.15) is 0 Å². The van der Waals surface area contributed by atoms with Crippen molar-refractivity contribution in [2.45, 2.75) is 38.8 Å². The molecule has 1 fully saturated rings. The van der Waals surface area contributed by atoms with Crippen molar-refractivity contribution in [3.8, 4) is 0 Å². The molecule has 1 aromatic heterocycles. The fraction of sp³-hybridized carbons (Fsp3) is 0.526. The average Bonchev–Trinajstić information content (AvgIpc) is 3.42. The second-order valence-electron chi connectivity index (χ2n) is 7.00. The van der Waals surface area contributed by atoms with Crippen LogP contribution in [0.15, 0.2) is 29.1 Å². The van der Waals surface area contributed by atoms with E-state index in [1.165, 1.54) is 17.5 Å². The van der Waals surface area contributed by atoms with Gasteiger partial charge in [0.25, 0.3) is 11.5 Å². The lowest BCUT2D eigenvalue weighted by molar-refractivity contribution is 0.0933. The average molecular weight is 342 g/mol. The standard InChI is InChI=1S/C19H26N4O2/c1-4-11-23-19(25)15-8-6-5-7-14(15)17(21-23)18(24)20-12-16(22(2)3)13-9-10-13/h5-8,13,16H,4,9-12H2,1-3H3,(H,20,24). The summed E-state index contributed by atoms with van der Waals surface area (Å²) < 4.78 is 1.40. The van der Waals surface area contributed by atoms with E-state index < -0.39 is 0 Å². The van der Waals surface area contributed by atoms with Crippen LogP contribution in [0.1, 0.15) is 36.7 Å². The summed E-state index contributed by atoms with van der Waals surface area (Å²) in [4.78, 5) is 27.5. The molecular formula is C19H26N4O2. The number of carbonyl (C=O) groups excluding carboxylic acids is 1. The van der Waals surface area contributed by atoms with Gasteiger partial charge in [-0.1, -0.05) is 25.1 Å². The van der Waals surface area contributed by atoms with Gasteiger partial charge >= 0.3 is 0 Å². The molecule has 25 heavy (non-hydrogen) atoms. The predicted octanol–water partition coefficient (Wildman–Crippen LogP) is 1.88. The first kappa shape index (κ1) is 17.6. The molecule has 2 aromatic rings. The van der Waals surface area contributed by atoms with Gasteiger partial charge in [0, 0.05) is 24.5 Å². The number of fused-ring (bicyclic) bond motifs is 1. The van der Waals surface area contributed by atoms with Crippen molar-refractivity contribution in [3.05, 3.63) is 40.3 Å². The van der Waals surface area contributed by atoms with Gasteiger partial charge in [-0.3, -0.25) is 9.59 Å². The van der Waals surface area contributed by atoms with E-state index in [2.05, 4.69) is 15.3 Å². The lowest BCUT2D eigenvalue weighted by Gasteiger charge is -2.24. The molecule has 1 unspecified atom stereocenters. The van der Waals surface area contributed by atoms with Crippen molar-refractivity contribution in [1.29, 1.82) is 0 Å². The zero-order valence-electron chi connectivity index (χ0n) is 15.2. The van der Waals surface area contributed by atoms with E-state index >= 15 is 0 Å². The summed E-state index contributed by atoms with van der Waals surface area (Å²) in [6, 6.07) is 7.54. The third kappa shape index (κ3) is 3.74. The molecule has 3 rings (SSSR count). The van der Waals surface area contributed by atoms with Gasteiger partial charge in [-0.25, -0.2) is 4.68 Å². The highest BCUT2D eigenvalue weighted by molar-refractivity contribution is 6.04. The minimum Gasteiger partial charge on any atom is -0.349 e. The Morgan fingerprint density at radius 1 is 1.32 bits per heavy atom. The van der Waals surface area contributed by atoms with Gasteiger partial charge in [-0.2, -0.15) is 5.10 Å². The van der Waals surface area contributed by atoms with Crippen molar-refractivity contribution in [2.75, 3.05) is 20.6 Å². The highest BCUT2D eigenvalue weighted by Crippen LogP contribution is 2.34. The van der Waals surface area contributed by atoms with Crippen molar-refractivity contribution < 1.29 is 4.79 Å². The highest BCUT2D eigenvalue weighted by atomic mass is 16.2. The molecule has 0 aliphatic heterocycles. The van der Waals surface area contributed by atoms with Crippen molar-refractivity contribution in [1.82, 2.24) is 20.0 Å². The minimum atomic E-state index is -0.214. The number of nitrogens with one attached hydrogen (secondary N) is 1. The Morgan fingerprint density at radius 2 is 2.00 bits per heavy atom. The maximum Gasteiger partial charge on any atom is 0.274 e. The molecule has 1 aromatic carbocycles. The van der Waals surface area contributed by atoms with Crippen LogP contribution in [-0.4, -0.2) is 47.3 Å². The lowest BCUT2D eigenvalue weighted by atomic mass is 10.1. The molecule has 1 heterocycles. The third-order valence-electron chi connectivity index (χ3n) is 4.82. The van der Waals surface area contributed by atoms with Gasteiger partial charge < -0.3 is 10.2 Å². The Balaban J connectivity index is 1.89. The van der Waals surface area contributed by atoms with Crippen LogP contribution >= 0.6 is 0 Å². The van der Waals surface area contributed by atoms with Crippen LogP contribution in [-0.2, 0) is 6.54 Å². The normalized spacial score (nSPS) is 15.5. The summed E-state index contributed by atoms with van der Waals surface area (Å²) in [5.41, 5.74) is 0.190. The second-order valence-corrected chi connectivity index (χ2v) is 7.00. The fourth-order valence-corrected chi connectivity index (χ4v) is 3.30. The smallest absolute Gasteiger partial charge is 0.274 e. The molecular weight excluding hydrogens is 316 g/mol. The molecule has 1 saturated carbocycles. The monoisotopic (exact) mass is 342 g/mol. The van der Waals surface area contributed by atoms with E-state index in [1.807, 2.05) is 33.2 Å². The number of aromatic nitrogens is 2. The van der Waals surface area contributed by atoms with Crippen molar-refractivity contribution in [2.24, 2.45) is 5.92 Å². The predicted molar refractivity (Wildman–Crippen MR) is 98.8 cm³/mol. The van der Waals surface area contributed by atoms with E-state index in [0.717, 1.165) is 6.42 Å². The summed E-state index contributed by atoms with van der Waals surface area (Å²) in [6.45, 7) is 3.09. The van der Waals surface area contributed by atoms with Gasteiger partial charge in [0.05, 0.1) is 5.39 Å². The molecule has 0 saturated heterocycles. The third-order valence-corrected chi connectivity index (χ3v) is 4.82. The SMILES string of the molecule is CCCn1nc(C(=O)NCC(C2CC2)N(C)C)c2ccccc2c1=O. The molecule has 0 spiro atoms. The summed E-state index contributed by atoms with van der Waals surface area (Å²) in [6.07, 6.45) is 3.24. The van der Waals surface area contributed by atoms with E-state index in [4.69, 9.17) is 0 Å². The molecule has 1 N–H and O–H groups in total. The van der Waals surface area contributed by atoms with E-state index in [-0.39, 0.29) is 11.5 Å². The molecule has 134 valence electrons. The largest absolute Gasteiger partial charge is 0.349 e. The molecule has 1 atom stereocenters. The Labute approximate surface area is 147 Å². The summed E-state index contributed by atoms with van der Waals surface area (Å²) in [7, 11) is 4.09. The Hall–Kier alpha value is -2.21. The van der Waals surface area contributed by atoms with Crippen molar-refractivity contribution in [3.63, 3.8) is 0 Å². The number of hydrogen-bond acceptors (Lipinski definition) is 4. The molecule has 1 aliphatic rings. The number of rotatable bonds is 7.